The fraction of sp³-hybridized carbons (Fsp3) is 0.143. The minimum Gasteiger partial charge on any atom is -0.497 e. The Kier molecular flexibility index (Phi) is 4.42. The number of aromatic nitrogens is 1. The summed E-state index contributed by atoms with van der Waals surface area (Å²) in [6.07, 6.45) is 0. The fourth-order valence-corrected chi connectivity index (χ4v) is 2.04. The van der Waals surface area contributed by atoms with Crippen molar-refractivity contribution in [3.63, 3.8) is 0 Å². The van der Waals surface area contributed by atoms with Gasteiger partial charge in [0.2, 0.25) is 0 Å². The summed E-state index contributed by atoms with van der Waals surface area (Å²) in [6, 6.07) is 9.01. The van der Waals surface area contributed by atoms with Gasteiger partial charge in [0.15, 0.2) is 0 Å². The van der Waals surface area contributed by atoms with Crippen molar-refractivity contribution in [2.45, 2.75) is 6.92 Å². The Labute approximate surface area is 127 Å². The predicted octanol–water partition coefficient (Wildman–Crippen LogP) is 3.43. The number of nitrogens with one attached hydrogen (secondary N) is 1. The Morgan fingerprint density at radius 3 is 2.75 bits per heavy atom. The molecule has 0 unspecified atom stereocenters. The van der Waals surface area contributed by atoms with Gasteiger partial charge in [-0.25, -0.2) is 4.98 Å². The molecule has 0 saturated heterocycles. The van der Waals surface area contributed by atoms with Crippen LogP contribution < -0.4 is 15.8 Å². The molecule has 0 fully saturated rings. The van der Waals surface area contributed by atoms with Crippen LogP contribution in [0, 0.1) is 6.92 Å². The van der Waals surface area contributed by atoms with Crippen LogP contribution >= 0.6 is 23.8 Å². The second-order valence-electron chi connectivity index (χ2n) is 4.18. The lowest BCUT2D eigenvalue weighted by Crippen LogP contribution is -2.13. The van der Waals surface area contributed by atoms with Gasteiger partial charge >= 0.3 is 0 Å². The van der Waals surface area contributed by atoms with Gasteiger partial charge in [0, 0.05) is 11.8 Å². The van der Waals surface area contributed by atoms with Crippen LogP contribution in [0.4, 0.5) is 11.5 Å². The van der Waals surface area contributed by atoms with Gasteiger partial charge < -0.3 is 15.8 Å². The molecule has 4 nitrogen and oxygen atoms in total. The maximum Gasteiger partial charge on any atom is 0.140 e. The van der Waals surface area contributed by atoms with Crippen LogP contribution in [0.2, 0.25) is 5.02 Å². The Morgan fingerprint density at radius 2 is 2.10 bits per heavy atom. The largest absolute Gasteiger partial charge is 0.497 e. The fourth-order valence-electron chi connectivity index (χ4n) is 1.71. The third-order valence-electron chi connectivity index (χ3n) is 2.73. The number of halogens is 1. The van der Waals surface area contributed by atoms with Crippen molar-refractivity contribution in [3.05, 3.63) is 46.6 Å². The first-order valence-corrected chi connectivity index (χ1v) is 6.68. The summed E-state index contributed by atoms with van der Waals surface area (Å²) in [5.41, 5.74) is 7.91. The highest BCUT2D eigenvalue weighted by Gasteiger charge is 2.10. The molecule has 0 atom stereocenters. The van der Waals surface area contributed by atoms with Crippen LogP contribution in [0.1, 0.15) is 11.3 Å². The zero-order valence-electron chi connectivity index (χ0n) is 11.1. The molecular formula is C14H14ClN3OS. The Bertz CT molecular complexity index is 661. The number of rotatable bonds is 4. The van der Waals surface area contributed by atoms with Gasteiger partial charge in [-0.1, -0.05) is 23.8 Å². The number of methoxy groups -OCH3 is 1. The second kappa shape index (κ2) is 6.07. The lowest BCUT2D eigenvalue weighted by atomic mass is 10.2. The number of hydrogen-bond acceptors (Lipinski definition) is 4. The number of hydrogen-bond donors (Lipinski definition) is 2. The summed E-state index contributed by atoms with van der Waals surface area (Å²) >= 11 is 11.2. The summed E-state index contributed by atoms with van der Waals surface area (Å²) in [4.78, 5) is 4.69. The zero-order valence-corrected chi connectivity index (χ0v) is 12.7. The average molecular weight is 308 g/mol. The van der Waals surface area contributed by atoms with E-state index in [1.54, 1.807) is 25.3 Å². The molecule has 0 radical (unpaired) electrons. The number of benzene rings is 1. The molecule has 6 heteroatoms. The van der Waals surface area contributed by atoms with Gasteiger partial charge in [-0.2, -0.15) is 0 Å². The molecule has 2 rings (SSSR count). The number of thiocarbonyl (C=S) groups is 1. The van der Waals surface area contributed by atoms with Crippen LogP contribution in [0.3, 0.4) is 0 Å². The summed E-state index contributed by atoms with van der Waals surface area (Å²) in [5, 5.41) is 3.71. The van der Waals surface area contributed by atoms with E-state index in [-0.39, 0.29) is 4.99 Å². The third-order valence-corrected chi connectivity index (χ3v) is 3.28. The van der Waals surface area contributed by atoms with Gasteiger partial charge in [-0.15, -0.1) is 0 Å². The molecular weight excluding hydrogens is 294 g/mol. The molecule has 1 heterocycles. The Balaban J connectivity index is 2.43. The molecule has 0 aliphatic heterocycles. The highest BCUT2D eigenvalue weighted by Crippen LogP contribution is 2.30. The molecule has 0 spiro atoms. The average Bonchev–Trinajstić information content (AvgIpc) is 2.41. The highest BCUT2D eigenvalue weighted by molar-refractivity contribution is 7.80. The number of pyridine rings is 1. The summed E-state index contributed by atoms with van der Waals surface area (Å²) in [5.74, 6) is 1.27. The molecule has 2 aromatic rings. The molecule has 0 bridgehead atoms. The molecule has 1 aromatic heterocycles. The topological polar surface area (TPSA) is 60.2 Å². The van der Waals surface area contributed by atoms with Crippen molar-refractivity contribution >= 4 is 40.3 Å². The van der Waals surface area contributed by atoms with Gasteiger partial charge in [0.05, 0.1) is 23.4 Å². The molecule has 1 aromatic carbocycles. The predicted molar refractivity (Wildman–Crippen MR) is 86.1 cm³/mol. The Morgan fingerprint density at radius 1 is 1.35 bits per heavy atom. The van der Waals surface area contributed by atoms with Gasteiger partial charge in [-0.05, 0) is 31.2 Å². The molecule has 3 N–H and O–H groups in total. The van der Waals surface area contributed by atoms with Gasteiger partial charge in [-0.3, -0.25) is 0 Å². The van der Waals surface area contributed by atoms with Crippen molar-refractivity contribution in [2.24, 2.45) is 5.73 Å². The number of anilines is 2. The first kappa shape index (κ1) is 14.6. The molecule has 0 aliphatic rings. The van der Waals surface area contributed by atoms with Crippen molar-refractivity contribution in [2.75, 3.05) is 12.4 Å². The van der Waals surface area contributed by atoms with E-state index < -0.39 is 0 Å². The van der Waals surface area contributed by atoms with E-state index in [1.165, 1.54) is 0 Å². The van der Waals surface area contributed by atoms with Gasteiger partial charge in [0.25, 0.3) is 0 Å². The number of nitrogens with two attached hydrogens (primary N) is 1. The Hall–Kier alpha value is -1.85. The van der Waals surface area contributed by atoms with E-state index in [4.69, 9.17) is 34.3 Å². The van der Waals surface area contributed by atoms with E-state index in [1.807, 2.05) is 19.1 Å². The molecule has 0 saturated carbocycles. The van der Waals surface area contributed by atoms with E-state index in [0.717, 1.165) is 5.69 Å². The molecule has 20 heavy (non-hydrogen) atoms. The highest BCUT2D eigenvalue weighted by atomic mass is 35.5. The summed E-state index contributed by atoms with van der Waals surface area (Å²) < 4.78 is 5.18. The summed E-state index contributed by atoms with van der Waals surface area (Å²) in [7, 11) is 1.60. The maximum absolute atomic E-state index is 6.16. The van der Waals surface area contributed by atoms with Crippen molar-refractivity contribution in [1.29, 1.82) is 0 Å². The molecule has 104 valence electrons. The lowest BCUT2D eigenvalue weighted by molar-refractivity contribution is 0.415. The van der Waals surface area contributed by atoms with E-state index >= 15 is 0 Å². The third kappa shape index (κ3) is 3.18. The minimum absolute atomic E-state index is 0.277. The number of ether oxygens (including phenoxy) is 1. The molecule has 0 aliphatic carbocycles. The maximum atomic E-state index is 6.16. The SMILES string of the molecule is COc1ccc(Cl)c(Nc2nc(C)ccc2C(N)=S)c1. The van der Waals surface area contributed by atoms with Crippen molar-refractivity contribution < 1.29 is 4.74 Å². The normalized spacial score (nSPS) is 10.2. The quantitative estimate of drug-likeness (QED) is 0.847. The van der Waals surface area contributed by atoms with Gasteiger partial charge in [0.1, 0.15) is 16.6 Å². The lowest BCUT2D eigenvalue weighted by Gasteiger charge is -2.13. The van der Waals surface area contributed by atoms with E-state index in [0.29, 0.717) is 27.8 Å². The zero-order chi connectivity index (χ0) is 14.7. The number of aryl methyl sites for hydroxylation is 1. The van der Waals surface area contributed by atoms with Crippen LogP contribution in [-0.4, -0.2) is 17.1 Å². The first-order valence-electron chi connectivity index (χ1n) is 5.89. The standard InChI is InChI=1S/C14H14ClN3OS/c1-8-3-5-10(13(16)20)14(17-8)18-12-7-9(19-2)4-6-11(12)15/h3-7H,1-2H3,(H2,16,20)(H,17,18). The minimum atomic E-state index is 0.277. The summed E-state index contributed by atoms with van der Waals surface area (Å²) in [6.45, 7) is 1.89. The number of nitrogens with zero attached hydrogens (tertiary/aromatic N) is 1. The molecule has 0 amide bonds. The second-order valence-corrected chi connectivity index (χ2v) is 5.03. The van der Waals surface area contributed by atoms with Crippen LogP contribution in [0.15, 0.2) is 30.3 Å². The van der Waals surface area contributed by atoms with E-state index in [9.17, 15) is 0 Å². The van der Waals surface area contributed by atoms with Crippen molar-refractivity contribution in [1.82, 2.24) is 4.98 Å². The van der Waals surface area contributed by atoms with Crippen LogP contribution in [0.25, 0.3) is 0 Å². The monoisotopic (exact) mass is 307 g/mol. The van der Waals surface area contributed by atoms with Crippen molar-refractivity contribution in [3.8, 4) is 5.75 Å². The van der Waals surface area contributed by atoms with Crippen LogP contribution in [0.5, 0.6) is 5.75 Å². The first-order chi connectivity index (χ1) is 9.51. The van der Waals surface area contributed by atoms with Crippen LogP contribution in [-0.2, 0) is 0 Å². The van der Waals surface area contributed by atoms with E-state index in [2.05, 4.69) is 10.3 Å². The smallest absolute Gasteiger partial charge is 0.140 e.